The Morgan fingerprint density at radius 2 is 2.08 bits per heavy atom. The van der Waals surface area contributed by atoms with Crippen LogP contribution in [0.5, 0.6) is 0 Å². The first kappa shape index (κ1) is 7.37. The molecule has 1 aromatic rings. The molecule has 0 unspecified atom stereocenters. The van der Waals surface area contributed by atoms with Gasteiger partial charge in [-0.05, 0) is 11.6 Å². The summed E-state index contributed by atoms with van der Waals surface area (Å²) in [5.41, 5.74) is 1.28. The molecule has 0 saturated heterocycles. The van der Waals surface area contributed by atoms with Crippen LogP contribution in [0.4, 0.5) is 0 Å². The van der Waals surface area contributed by atoms with Crippen molar-refractivity contribution in [1.29, 1.82) is 0 Å². The Labute approximate surface area is 72.0 Å². The molecule has 0 N–H and O–H groups in total. The quantitative estimate of drug-likeness (QED) is 0.657. The number of hydrogen-bond donors (Lipinski definition) is 0. The summed E-state index contributed by atoms with van der Waals surface area (Å²) >= 11 is 0. The van der Waals surface area contributed by atoms with Gasteiger partial charge in [0.15, 0.2) is 0 Å². The highest BCUT2D eigenvalue weighted by Crippen LogP contribution is 2.08. The highest BCUT2D eigenvalue weighted by atomic mass is 16.7. The zero-order chi connectivity index (χ0) is 8.23. The normalized spacial score (nSPS) is 16.3. The Hall–Kier alpha value is -1.28. The largest absolute Gasteiger partial charge is 0.413 e. The average molecular weight is 161 g/mol. The van der Waals surface area contributed by atoms with E-state index in [1.54, 1.807) is 6.26 Å². The molecule has 2 nitrogen and oxygen atoms in total. The summed E-state index contributed by atoms with van der Waals surface area (Å²) in [6.07, 6.45) is 3.73. The first-order valence-electron chi connectivity index (χ1n) is 4.06. The molecule has 0 aromatic heterocycles. The van der Waals surface area contributed by atoms with E-state index in [4.69, 9.17) is 4.84 Å². The summed E-state index contributed by atoms with van der Waals surface area (Å²) < 4.78 is 0. The third kappa shape index (κ3) is 1.66. The van der Waals surface area contributed by atoms with Gasteiger partial charge in [0.05, 0.1) is 13.1 Å². The minimum absolute atomic E-state index is 0.855. The van der Waals surface area contributed by atoms with Crippen molar-refractivity contribution in [3.8, 4) is 0 Å². The fraction of sp³-hybridized carbons (Fsp3) is 0.200. The molecule has 0 bridgehead atoms. The van der Waals surface area contributed by atoms with Crippen molar-refractivity contribution in [3.63, 3.8) is 0 Å². The Bertz CT molecular complexity index is 260. The number of benzene rings is 1. The maximum absolute atomic E-state index is 5.21. The first-order valence-corrected chi connectivity index (χ1v) is 4.06. The molecule has 0 spiro atoms. The van der Waals surface area contributed by atoms with Gasteiger partial charge >= 0.3 is 0 Å². The van der Waals surface area contributed by atoms with Gasteiger partial charge in [-0.3, -0.25) is 0 Å². The lowest BCUT2D eigenvalue weighted by Crippen LogP contribution is -2.17. The second kappa shape index (κ2) is 3.41. The van der Waals surface area contributed by atoms with Crippen molar-refractivity contribution in [2.75, 3.05) is 6.54 Å². The van der Waals surface area contributed by atoms with E-state index in [1.165, 1.54) is 5.56 Å². The van der Waals surface area contributed by atoms with Crippen LogP contribution in [0.2, 0.25) is 0 Å². The zero-order valence-electron chi connectivity index (χ0n) is 6.81. The van der Waals surface area contributed by atoms with Crippen LogP contribution in [0, 0.1) is 0 Å². The fourth-order valence-electron chi connectivity index (χ4n) is 1.22. The molecular formula is C10H11NO. The van der Waals surface area contributed by atoms with E-state index in [1.807, 2.05) is 29.3 Å². The SMILES string of the molecule is C1=CON(Cc2ccccc2)C1. The molecule has 1 aliphatic heterocycles. The first-order chi connectivity index (χ1) is 5.95. The molecule has 2 rings (SSSR count). The van der Waals surface area contributed by atoms with Crippen LogP contribution in [0.25, 0.3) is 0 Å². The summed E-state index contributed by atoms with van der Waals surface area (Å²) in [6.45, 7) is 1.74. The fourth-order valence-corrected chi connectivity index (χ4v) is 1.22. The van der Waals surface area contributed by atoms with Gasteiger partial charge in [0.2, 0.25) is 0 Å². The minimum atomic E-state index is 0.855. The predicted molar refractivity (Wildman–Crippen MR) is 47.1 cm³/mol. The van der Waals surface area contributed by atoms with Gasteiger partial charge in [-0.2, -0.15) is 0 Å². The number of hydrogen-bond acceptors (Lipinski definition) is 2. The third-order valence-corrected chi connectivity index (χ3v) is 1.82. The van der Waals surface area contributed by atoms with E-state index in [9.17, 15) is 0 Å². The molecule has 0 amide bonds. The van der Waals surface area contributed by atoms with Gasteiger partial charge in [0.1, 0.15) is 6.26 Å². The van der Waals surface area contributed by atoms with E-state index in [0.29, 0.717) is 0 Å². The topological polar surface area (TPSA) is 12.5 Å². The molecule has 0 aliphatic carbocycles. The van der Waals surface area contributed by atoms with Gasteiger partial charge in [-0.15, -0.1) is 5.06 Å². The van der Waals surface area contributed by atoms with Crippen LogP contribution in [-0.2, 0) is 11.4 Å². The van der Waals surface area contributed by atoms with E-state index in [-0.39, 0.29) is 0 Å². The van der Waals surface area contributed by atoms with Crippen molar-refractivity contribution in [2.45, 2.75) is 6.54 Å². The zero-order valence-corrected chi connectivity index (χ0v) is 6.81. The molecule has 12 heavy (non-hydrogen) atoms. The summed E-state index contributed by atoms with van der Waals surface area (Å²) in [4.78, 5) is 5.21. The number of hydroxylamine groups is 2. The predicted octanol–water partition coefficient (Wildman–Crippen LogP) is 1.95. The lowest BCUT2D eigenvalue weighted by molar-refractivity contribution is -0.0834. The molecule has 0 atom stereocenters. The lowest BCUT2D eigenvalue weighted by atomic mass is 10.2. The summed E-state index contributed by atoms with van der Waals surface area (Å²) in [6, 6.07) is 10.3. The highest BCUT2D eigenvalue weighted by molar-refractivity contribution is 5.14. The van der Waals surface area contributed by atoms with Crippen molar-refractivity contribution >= 4 is 0 Å². The van der Waals surface area contributed by atoms with Crippen molar-refractivity contribution in [1.82, 2.24) is 5.06 Å². The number of rotatable bonds is 2. The van der Waals surface area contributed by atoms with Crippen LogP contribution < -0.4 is 0 Å². The Kier molecular flexibility index (Phi) is 2.10. The molecular weight excluding hydrogens is 150 g/mol. The van der Waals surface area contributed by atoms with Crippen LogP contribution in [0.1, 0.15) is 5.56 Å². The summed E-state index contributed by atoms with van der Waals surface area (Å²) in [5, 5.41) is 1.91. The maximum atomic E-state index is 5.21. The second-order valence-corrected chi connectivity index (χ2v) is 2.79. The molecule has 1 aliphatic rings. The molecule has 2 heteroatoms. The van der Waals surface area contributed by atoms with Crippen LogP contribution in [-0.4, -0.2) is 11.6 Å². The molecule has 0 fully saturated rings. The highest BCUT2D eigenvalue weighted by Gasteiger charge is 2.07. The monoisotopic (exact) mass is 161 g/mol. The maximum Gasteiger partial charge on any atom is 0.109 e. The third-order valence-electron chi connectivity index (χ3n) is 1.82. The molecule has 0 saturated carbocycles. The molecule has 1 aromatic carbocycles. The van der Waals surface area contributed by atoms with E-state index in [0.717, 1.165) is 13.1 Å². The summed E-state index contributed by atoms with van der Waals surface area (Å²) in [7, 11) is 0. The van der Waals surface area contributed by atoms with Crippen molar-refractivity contribution < 1.29 is 4.84 Å². The van der Waals surface area contributed by atoms with E-state index < -0.39 is 0 Å². The van der Waals surface area contributed by atoms with E-state index >= 15 is 0 Å². The molecule has 62 valence electrons. The molecule has 0 radical (unpaired) electrons. The van der Waals surface area contributed by atoms with Gasteiger partial charge in [0, 0.05) is 0 Å². The minimum Gasteiger partial charge on any atom is -0.413 e. The Morgan fingerprint density at radius 3 is 2.75 bits per heavy atom. The molecule has 1 heterocycles. The van der Waals surface area contributed by atoms with Crippen LogP contribution in [0.3, 0.4) is 0 Å². The van der Waals surface area contributed by atoms with Crippen molar-refractivity contribution in [2.24, 2.45) is 0 Å². The van der Waals surface area contributed by atoms with Gasteiger partial charge in [-0.1, -0.05) is 30.3 Å². The smallest absolute Gasteiger partial charge is 0.109 e. The van der Waals surface area contributed by atoms with Gasteiger partial charge in [-0.25, -0.2) is 0 Å². The Morgan fingerprint density at radius 1 is 1.25 bits per heavy atom. The lowest BCUT2D eigenvalue weighted by Gasteiger charge is -2.13. The summed E-state index contributed by atoms with van der Waals surface area (Å²) in [5.74, 6) is 0. The van der Waals surface area contributed by atoms with Gasteiger partial charge in [0.25, 0.3) is 0 Å². The average Bonchev–Trinajstić information content (AvgIpc) is 2.59. The van der Waals surface area contributed by atoms with Gasteiger partial charge < -0.3 is 4.84 Å². The standard InChI is InChI=1S/C10H11NO/c1-2-5-10(6-3-1)9-11-7-4-8-12-11/h1-6,8H,7,9H2. The Balaban J connectivity index is 1.95. The second-order valence-electron chi connectivity index (χ2n) is 2.79. The van der Waals surface area contributed by atoms with Crippen LogP contribution >= 0.6 is 0 Å². The van der Waals surface area contributed by atoms with Crippen molar-refractivity contribution in [3.05, 3.63) is 48.2 Å². The number of nitrogens with zero attached hydrogens (tertiary/aromatic N) is 1. The van der Waals surface area contributed by atoms with E-state index in [2.05, 4.69) is 12.1 Å². The van der Waals surface area contributed by atoms with Crippen LogP contribution in [0.15, 0.2) is 42.7 Å².